The summed E-state index contributed by atoms with van der Waals surface area (Å²) in [5.74, 6) is 0.436. The number of rotatable bonds is 2. The maximum Gasteiger partial charge on any atom is 0.244 e. The summed E-state index contributed by atoms with van der Waals surface area (Å²) < 4.78 is 26.5. The van der Waals surface area contributed by atoms with E-state index >= 15 is 0 Å². The zero-order chi connectivity index (χ0) is 11.8. The molecule has 0 bridgehead atoms. The van der Waals surface area contributed by atoms with Crippen LogP contribution < -0.4 is 10.0 Å². The molecule has 0 spiro atoms. The standard InChI is InChI=1S/C11H16N2O2S/c1-8(2)7-11-12-9-5-3-4-6-10(9)16(14,15)13-11/h3-6,8,11-13H,7H2,1-2H3/t11-/m1/s1. The molecule has 1 aromatic carbocycles. The second-order valence-electron chi connectivity index (χ2n) is 4.44. The average Bonchev–Trinajstić information content (AvgIpc) is 2.15. The fourth-order valence-electron chi connectivity index (χ4n) is 1.87. The van der Waals surface area contributed by atoms with Gasteiger partial charge in [0.1, 0.15) is 4.90 Å². The first kappa shape index (κ1) is 11.4. The van der Waals surface area contributed by atoms with Gasteiger partial charge < -0.3 is 5.32 Å². The number of hydrogen-bond acceptors (Lipinski definition) is 3. The number of para-hydroxylation sites is 1. The van der Waals surface area contributed by atoms with E-state index in [0.29, 0.717) is 16.5 Å². The lowest BCUT2D eigenvalue weighted by molar-refractivity contribution is 0.483. The average molecular weight is 240 g/mol. The largest absolute Gasteiger partial charge is 0.368 e. The Balaban J connectivity index is 2.34. The van der Waals surface area contributed by atoms with E-state index in [4.69, 9.17) is 0 Å². The van der Waals surface area contributed by atoms with Crippen molar-refractivity contribution in [3.05, 3.63) is 24.3 Å². The fourth-order valence-corrected chi connectivity index (χ4v) is 3.20. The van der Waals surface area contributed by atoms with Crippen molar-refractivity contribution in [1.29, 1.82) is 0 Å². The molecule has 88 valence electrons. The number of fused-ring (bicyclic) bond motifs is 1. The van der Waals surface area contributed by atoms with Crippen LogP contribution in [-0.4, -0.2) is 14.6 Å². The second kappa shape index (κ2) is 4.07. The van der Waals surface area contributed by atoms with Gasteiger partial charge in [-0.15, -0.1) is 0 Å². The van der Waals surface area contributed by atoms with Gasteiger partial charge in [0, 0.05) is 0 Å². The van der Waals surface area contributed by atoms with E-state index in [0.717, 1.165) is 6.42 Å². The van der Waals surface area contributed by atoms with Gasteiger partial charge in [-0.2, -0.15) is 4.72 Å². The third-order valence-electron chi connectivity index (χ3n) is 2.51. The van der Waals surface area contributed by atoms with Crippen LogP contribution in [0.4, 0.5) is 5.69 Å². The summed E-state index contributed by atoms with van der Waals surface area (Å²) in [5.41, 5.74) is 0.687. The van der Waals surface area contributed by atoms with Crippen molar-refractivity contribution in [2.75, 3.05) is 5.32 Å². The van der Waals surface area contributed by atoms with Crippen molar-refractivity contribution < 1.29 is 8.42 Å². The van der Waals surface area contributed by atoms with Crippen LogP contribution in [0.1, 0.15) is 20.3 Å². The van der Waals surface area contributed by atoms with Crippen LogP contribution in [0.2, 0.25) is 0 Å². The highest BCUT2D eigenvalue weighted by Crippen LogP contribution is 2.26. The molecule has 0 aromatic heterocycles. The molecule has 4 nitrogen and oxygen atoms in total. The Kier molecular flexibility index (Phi) is 2.90. The van der Waals surface area contributed by atoms with Crippen LogP contribution in [0, 0.1) is 5.92 Å². The molecule has 1 aliphatic heterocycles. The van der Waals surface area contributed by atoms with Gasteiger partial charge in [0.05, 0.1) is 11.9 Å². The van der Waals surface area contributed by atoms with E-state index in [2.05, 4.69) is 23.9 Å². The van der Waals surface area contributed by atoms with E-state index < -0.39 is 10.0 Å². The molecule has 0 aliphatic carbocycles. The summed E-state index contributed by atoms with van der Waals surface area (Å²) in [4.78, 5) is 0.329. The van der Waals surface area contributed by atoms with Crippen molar-refractivity contribution in [3.8, 4) is 0 Å². The van der Waals surface area contributed by atoms with E-state index in [1.807, 2.05) is 6.07 Å². The summed E-state index contributed by atoms with van der Waals surface area (Å²) in [6.45, 7) is 4.13. The number of anilines is 1. The molecule has 1 aromatic rings. The highest BCUT2D eigenvalue weighted by molar-refractivity contribution is 7.89. The van der Waals surface area contributed by atoms with Crippen molar-refractivity contribution in [1.82, 2.24) is 4.72 Å². The highest BCUT2D eigenvalue weighted by atomic mass is 32.2. The van der Waals surface area contributed by atoms with E-state index in [1.54, 1.807) is 18.2 Å². The maximum atomic E-state index is 11.9. The molecule has 0 radical (unpaired) electrons. The minimum atomic E-state index is -3.35. The van der Waals surface area contributed by atoms with Crippen LogP contribution in [0.25, 0.3) is 0 Å². The van der Waals surface area contributed by atoms with Crippen LogP contribution in [0.15, 0.2) is 29.2 Å². The van der Waals surface area contributed by atoms with Crippen LogP contribution in [0.3, 0.4) is 0 Å². The molecule has 1 aliphatic rings. The van der Waals surface area contributed by atoms with Gasteiger partial charge in [0.25, 0.3) is 0 Å². The fraction of sp³-hybridized carbons (Fsp3) is 0.455. The normalized spacial score (nSPS) is 22.6. The number of nitrogens with one attached hydrogen (secondary N) is 2. The van der Waals surface area contributed by atoms with E-state index in [-0.39, 0.29) is 6.17 Å². The van der Waals surface area contributed by atoms with Crippen LogP contribution in [-0.2, 0) is 10.0 Å². The van der Waals surface area contributed by atoms with E-state index in [9.17, 15) is 8.42 Å². The first-order chi connectivity index (χ1) is 7.49. The maximum absolute atomic E-state index is 11.9. The number of sulfonamides is 1. The first-order valence-electron chi connectivity index (χ1n) is 5.37. The molecule has 5 heteroatoms. The van der Waals surface area contributed by atoms with Gasteiger partial charge in [-0.1, -0.05) is 26.0 Å². The SMILES string of the molecule is CC(C)C[C@@H]1Nc2ccccc2S(=O)(=O)N1. The Bertz CT molecular complexity index is 483. The zero-order valence-electron chi connectivity index (χ0n) is 9.40. The molecular formula is C11H16N2O2S. The lowest BCUT2D eigenvalue weighted by Crippen LogP contribution is -2.45. The predicted molar refractivity (Wildman–Crippen MR) is 63.6 cm³/mol. The van der Waals surface area contributed by atoms with Crippen molar-refractivity contribution in [2.24, 2.45) is 5.92 Å². The summed E-state index contributed by atoms with van der Waals surface area (Å²) >= 11 is 0. The molecular weight excluding hydrogens is 224 g/mol. The third-order valence-corrected chi connectivity index (χ3v) is 4.04. The molecule has 0 amide bonds. The Labute approximate surface area is 96.1 Å². The van der Waals surface area contributed by atoms with Crippen molar-refractivity contribution in [2.45, 2.75) is 31.3 Å². The molecule has 0 saturated carbocycles. The molecule has 2 rings (SSSR count). The molecule has 16 heavy (non-hydrogen) atoms. The monoisotopic (exact) mass is 240 g/mol. The minimum absolute atomic E-state index is 0.208. The van der Waals surface area contributed by atoms with Gasteiger partial charge in [-0.3, -0.25) is 0 Å². The Morgan fingerprint density at radius 1 is 1.31 bits per heavy atom. The van der Waals surface area contributed by atoms with Crippen molar-refractivity contribution >= 4 is 15.7 Å². The molecule has 0 saturated heterocycles. The van der Waals surface area contributed by atoms with Gasteiger partial charge in [0.15, 0.2) is 0 Å². The summed E-state index contributed by atoms with van der Waals surface area (Å²) in [6.07, 6.45) is 0.563. The topological polar surface area (TPSA) is 58.2 Å². The van der Waals surface area contributed by atoms with Crippen LogP contribution >= 0.6 is 0 Å². The van der Waals surface area contributed by atoms with Gasteiger partial charge >= 0.3 is 0 Å². The molecule has 0 fully saturated rings. The predicted octanol–water partition coefficient (Wildman–Crippen LogP) is 1.76. The first-order valence-corrected chi connectivity index (χ1v) is 6.85. The lowest BCUT2D eigenvalue weighted by Gasteiger charge is -2.28. The smallest absolute Gasteiger partial charge is 0.244 e. The summed E-state index contributed by atoms with van der Waals surface area (Å²) in [6, 6.07) is 6.96. The molecule has 1 heterocycles. The second-order valence-corrected chi connectivity index (χ2v) is 6.13. The minimum Gasteiger partial charge on any atom is -0.368 e. The van der Waals surface area contributed by atoms with Gasteiger partial charge in [0.2, 0.25) is 10.0 Å². The van der Waals surface area contributed by atoms with Gasteiger partial charge in [-0.25, -0.2) is 8.42 Å². The molecule has 1 atom stereocenters. The third kappa shape index (κ3) is 2.20. The molecule has 2 N–H and O–H groups in total. The lowest BCUT2D eigenvalue weighted by atomic mass is 10.1. The van der Waals surface area contributed by atoms with E-state index in [1.165, 1.54) is 0 Å². The number of benzene rings is 1. The highest BCUT2D eigenvalue weighted by Gasteiger charge is 2.28. The Hall–Kier alpha value is -1.07. The van der Waals surface area contributed by atoms with Crippen LogP contribution in [0.5, 0.6) is 0 Å². The van der Waals surface area contributed by atoms with Crippen molar-refractivity contribution in [3.63, 3.8) is 0 Å². The number of hydrogen-bond donors (Lipinski definition) is 2. The zero-order valence-corrected chi connectivity index (χ0v) is 10.2. The summed E-state index contributed by atoms with van der Waals surface area (Å²) in [7, 11) is -3.35. The molecule has 0 unspecified atom stereocenters. The summed E-state index contributed by atoms with van der Waals surface area (Å²) in [5, 5.41) is 3.19. The Morgan fingerprint density at radius 2 is 2.00 bits per heavy atom. The quantitative estimate of drug-likeness (QED) is 0.828. The Morgan fingerprint density at radius 3 is 2.69 bits per heavy atom. The van der Waals surface area contributed by atoms with Gasteiger partial charge in [-0.05, 0) is 24.5 Å².